The molecule has 1 rings (SSSR count). The summed E-state index contributed by atoms with van der Waals surface area (Å²) in [4.78, 5) is 0. The number of nitrogens with one attached hydrogen (secondary N) is 1. The maximum absolute atomic E-state index is 9.25. The van der Waals surface area contributed by atoms with Gasteiger partial charge < -0.3 is 20.3 Å². The average Bonchev–Trinajstić information content (AvgIpc) is 2.29. The monoisotopic (exact) mass is 231 g/mol. The van der Waals surface area contributed by atoms with E-state index in [0.29, 0.717) is 6.04 Å². The molecule has 0 radical (unpaired) electrons. The van der Waals surface area contributed by atoms with Crippen molar-refractivity contribution in [3.8, 4) is 0 Å². The number of aliphatic hydroxyl groups is 2. The minimum Gasteiger partial charge on any atom is -0.394 e. The normalized spacial score (nSPS) is 31.7. The van der Waals surface area contributed by atoms with Crippen LogP contribution in [0.4, 0.5) is 0 Å². The van der Waals surface area contributed by atoms with E-state index in [2.05, 4.69) is 19.2 Å². The summed E-state index contributed by atoms with van der Waals surface area (Å²) in [5, 5.41) is 21.8. The minimum absolute atomic E-state index is 0.0519. The van der Waals surface area contributed by atoms with E-state index < -0.39 is 5.54 Å². The molecule has 1 aliphatic heterocycles. The lowest BCUT2D eigenvalue weighted by atomic mass is 9.88. The van der Waals surface area contributed by atoms with Gasteiger partial charge in [-0.3, -0.25) is 0 Å². The van der Waals surface area contributed by atoms with E-state index in [1.807, 2.05) is 6.92 Å². The molecule has 0 aromatic rings. The Labute approximate surface area is 98.0 Å². The maximum atomic E-state index is 9.25. The van der Waals surface area contributed by atoms with Crippen LogP contribution in [0.25, 0.3) is 0 Å². The topological polar surface area (TPSA) is 61.7 Å². The third kappa shape index (κ3) is 3.42. The molecule has 1 heterocycles. The first-order valence-electron chi connectivity index (χ1n) is 6.10. The highest BCUT2D eigenvalue weighted by molar-refractivity contribution is 4.91. The lowest BCUT2D eigenvalue weighted by Crippen LogP contribution is -2.57. The van der Waals surface area contributed by atoms with Gasteiger partial charge in [0.15, 0.2) is 0 Å². The van der Waals surface area contributed by atoms with Crippen molar-refractivity contribution in [3.63, 3.8) is 0 Å². The second-order valence-electron chi connectivity index (χ2n) is 5.36. The van der Waals surface area contributed by atoms with Crippen LogP contribution in [0.5, 0.6) is 0 Å². The molecule has 0 aromatic heterocycles. The zero-order valence-electron chi connectivity index (χ0n) is 10.6. The number of aliphatic hydroxyl groups excluding tert-OH is 2. The van der Waals surface area contributed by atoms with Gasteiger partial charge in [-0.15, -0.1) is 0 Å². The Hall–Kier alpha value is -0.160. The van der Waals surface area contributed by atoms with E-state index in [-0.39, 0.29) is 18.8 Å². The van der Waals surface area contributed by atoms with E-state index >= 15 is 0 Å². The fourth-order valence-corrected chi connectivity index (χ4v) is 2.13. The molecule has 0 bridgehead atoms. The SMILES string of the molecule is CCC1(C)CC(NC(C)(CO)CO)CCO1. The van der Waals surface area contributed by atoms with Crippen molar-refractivity contribution in [2.45, 2.75) is 57.2 Å². The van der Waals surface area contributed by atoms with Crippen molar-refractivity contribution >= 4 is 0 Å². The van der Waals surface area contributed by atoms with E-state index in [4.69, 9.17) is 4.74 Å². The summed E-state index contributed by atoms with van der Waals surface area (Å²) in [6.45, 7) is 6.73. The molecule has 16 heavy (non-hydrogen) atoms. The van der Waals surface area contributed by atoms with Gasteiger partial charge in [0.25, 0.3) is 0 Å². The van der Waals surface area contributed by atoms with Gasteiger partial charge in [-0.25, -0.2) is 0 Å². The Kier molecular flexibility index (Phi) is 4.73. The molecule has 1 saturated heterocycles. The second-order valence-corrected chi connectivity index (χ2v) is 5.36. The molecule has 2 atom stereocenters. The molecule has 0 aliphatic carbocycles. The van der Waals surface area contributed by atoms with Crippen LogP contribution in [0.15, 0.2) is 0 Å². The summed E-state index contributed by atoms with van der Waals surface area (Å²) in [6.07, 6.45) is 2.85. The Bertz CT molecular complexity index is 218. The molecule has 1 aliphatic rings. The number of ether oxygens (including phenoxy) is 1. The summed E-state index contributed by atoms with van der Waals surface area (Å²) < 4.78 is 5.76. The van der Waals surface area contributed by atoms with Crippen LogP contribution in [0.1, 0.15) is 40.0 Å². The zero-order valence-corrected chi connectivity index (χ0v) is 10.6. The van der Waals surface area contributed by atoms with Gasteiger partial charge >= 0.3 is 0 Å². The van der Waals surface area contributed by atoms with Crippen LogP contribution in [-0.2, 0) is 4.74 Å². The van der Waals surface area contributed by atoms with Crippen LogP contribution in [0, 0.1) is 0 Å². The molecule has 0 aromatic carbocycles. The predicted octanol–water partition coefficient (Wildman–Crippen LogP) is 0.667. The molecular formula is C12H25NO3. The van der Waals surface area contributed by atoms with E-state index in [0.717, 1.165) is 25.9 Å². The average molecular weight is 231 g/mol. The Morgan fingerprint density at radius 1 is 1.44 bits per heavy atom. The summed E-state index contributed by atoms with van der Waals surface area (Å²) in [6, 6.07) is 0.308. The summed E-state index contributed by atoms with van der Waals surface area (Å²) >= 11 is 0. The minimum atomic E-state index is -0.587. The second kappa shape index (κ2) is 5.45. The highest BCUT2D eigenvalue weighted by Gasteiger charge is 2.35. The van der Waals surface area contributed by atoms with Gasteiger partial charge in [-0.2, -0.15) is 0 Å². The highest BCUT2D eigenvalue weighted by Crippen LogP contribution is 2.28. The van der Waals surface area contributed by atoms with Crippen molar-refractivity contribution in [1.82, 2.24) is 5.32 Å². The number of rotatable bonds is 5. The standard InChI is InChI=1S/C12H25NO3/c1-4-12(3)7-10(5-6-16-12)13-11(2,8-14)9-15/h10,13-15H,4-9H2,1-3H3. The van der Waals surface area contributed by atoms with Crippen LogP contribution < -0.4 is 5.32 Å². The van der Waals surface area contributed by atoms with Gasteiger partial charge in [0.05, 0.1) is 24.4 Å². The van der Waals surface area contributed by atoms with Crippen LogP contribution in [-0.4, -0.2) is 47.2 Å². The third-order valence-corrected chi connectivity index (χ3v) is 3.59. The molecule has 0 spiro atoms. The van der Waals surface area contributed by atoms with Crippen LogP contribution in [0.2, 0.25) is 0 Å². The highest BCUT2D eigenvalue weighted by atomic mass is 16.5. The first-order valence-corrected chi connectivity index (χ1v) is 6.10. The Balaban J connectivity index is 2.55. The van der Waals surface area contributed by atoms with Crippen LogP contribution in [0.3, 0.4) is 0 Å². The molecule has 0 amide bonds. The van der Waals surface area contributed by atoms with Crippen molar-refractivity contribution in [3.05, 3.63) is 0 Å². The third-order valence-electron chi connectivity index (χ3n) is 3.59. The molecule has 96 valence electrons. The Morgan fingerprint density at radius 2 is 2.06 bits per heavy atom. The molecule has 0 saturated carbocycles. The van der Waals surface area contributed by atoms with Crippen molar-refractivity contribution in [1.29, 1.82) is 0 Å². The van der Waals surface area contributed by atoms with Crippen molar-refractivity contribution in [2.75, 3.05) is 19.8 Å². The molecule has 4 heteroatoms. The summed E-state index contributed by atoms with van der Waals surface area (Å²) in [5.41, 5.74) is -0.654. The van der Waals surface area contributed by atoms with Crippen LogP contribution >= 0.6 is 0 Å². The van der Waals surface area contributed by atoms with Gasteiger partial charge in [-0.05, 0) is 33.1 Å². The van der Waals surface area contributed by atoms with E-state index in [9.17, 15) is 10.2 Å². The van der Waals surface area contributed by atoms with E-state index in [1.165, 1.54) is 0 Å². The van der Waals surface area contributed by atoms with Gasteiger partial charge in [0.2, 0.25) is 0 Å². The summed E-state index contributed by atoms with van der Waals surface area (Å²) in [5.74, 6) is 0. The largest absolute Gasteiger partial charge is 0.394 e. The predicted molar refractivity (Wildman–Crippen MR) is 63.4 cm³/mol. The lowest BCUT2D eigenvalue weighted by molar-refractivity contribution is -0.0836. The fraction of sp³-hybridized carbons (Fsp3) is 1.00. The van der Waals surface area contributed by atoms with Crippen molar-refractivity contribution < 1.29 is 14.9 Å². The maximum Gasteiger partial charge on any atom is 0.0666 e. The smallest absolute Gasteiger partial charge is 0.0666 e. The van der Waals surface area contributed by atoms with Gasteiger partial charge in [0, 0.05) is 12.6 Å². The zero-order chi connectivity index (χ0) is 12.2. The molecule has 2 unspecified atom stereocenters. The lowest BCUT2D eigenvalue weighted by Gasteiger charge is -2.41. The van der Waals surface area contributed by atoms with Crippen molar-refractivity contribution in [2.24, 2.45) is 0 Å². The quantitative estimate of drug-likeness (QED) is 0.651. The first-order chi connectivity index (χ1) is 7.47. The molecule has 4 nitrogen and oxygen atoms in total. The first kappa shape index (κ1) is 13.9. The number of hydrogen-bond acceptors (Lipinski definition) is 4. The van der Waals surface area contributed by atoms with E-state index in [1.54, 1.807) is 0 Å². The number of hydrogen-bond donors (Lipinski definition) is 3. The molecular weight excluding hydrogens is 206 g/mol. The summed E-state index contributed by atoms with van der Waals surface area (Å²) in [7, 11) is 0. The Morgan fingerprint density at radius 3 is 2.56 bits per heavy atom. The fourth-order valence-electron chi connectivity index (χ4n) is 2.13. The molecule has 1 fully saturated rings. The van der Waals surface area contributed by atoms with Gasteiger partial charge in [-0.1, -0.05) is 6.92 Å². The van der Waals surface area contributed by atoms with Gasteiger partial charge in [0.1, 0.15) is 0 Å². The molecule has 3 N–H and O–H groups in total.